The molecule has 1 heterocycles. The molecule has 142 valence electrons. The molecule has 1 aromatic carbocycles. The van der Waals surface area contributed by atoms with E-state index in [0.717, 1.165) is 6.07 Å². The van der Waals surface area contributed by atoms with E-state index in [2.05, 4.69) is 4.72 Å². The maximum atomic E-state index is 13.9. The molecule has 0 saturated heterocycles. The van der Waals surface area contributed by atoms with Crippen molar-refractivity contribution >= 4 is 27.7 Å². The summed E-state index contributed by atoms with van der Waals surface area (Å²) < 4.78 is 46.5. The van der Waals surface area contributed by atoms with E-state index < -0.39 is 32.7 Å². The zero-order chi connectivity index (χ0) is 19.2. The van der Waals surface area contributed by atoms with E-state index in [-0.39, 0.29) is 13.0 Å². The molecule has 2 rings (SSSR count). The molecule has 0 radical (unpaired) electrons. The molecule has 1 N–H and O–H groups in total. The predicted molar refractivity (Wildman–Crippen MR) is 98.7 cm³/mol. The molecule has 1 unspecified atom stereocenters. The number of hydrogen-bond acceptors (Lipinski definition) is 5. The quantitative estimate of drug-likeness (QED) is 0.700. The van der Waals surface area contributed by atoms with Crippen LogP contribution in [0, 0.1) is 5.82 Å². The smallest absolute Gasteiger partial charge is 0.244 e. The van der Waals surface area contributed by atoms with Gasteiger partial charge in [0.05, 0.1) is 12.8 Å². The number of sulfonamides is 1. The molecular formula is C17H21FN2O4S2. The molecule has 6 nitrogen and oxygen atoms in total. The van der Waals surface area contributed by atoms with Gasteiger partial charge in [-0.15, -0.1) is 0 Å². The van der Waals surface area contributed by atoms with Crippen LogP contribution in [0.25, 0.3) is 0 Å². The van der Waals surface area contributed by atoms with Crippen molar-refractivity contribution in [1.82, 2.24) is 9.62 Å². The van der Waals surface area contributed by atoms with Gasteiger partial charge in [-0.1, -0.05) is 12.1 Å². The molecule has 1 amide bonds. The van der Waals surface area contributed by atoms with Crippen molar-refractivity contribution in [2.24, 2.45) is 0 Å². The monoisotopic (exact) mass is 400 g/mol. The van der Waals surface area contributed by atoms with Crippen molar-refractivity contribution in [3.8, 4) is 0 Å². The minimum absolute atomic E-state index is 0.211. The van der Waals surface area contributed by atoms with E-state index in [0.29, 0.717) is 11.5 Å². The van der Waals surface area contributed by atoms with E-state index in [1.807, 2.05) is 6.26 Å². The summed E-state index contributed by atoms with van der Waals surface area (Å²) >= 11 is 1.49. The van der Waals surface area contributed by atoms with Crippen LogP contribution < -0.4 is 4.72 Å². The fourth-order valence-corrected chi connectivity index (χ4v) is 4.14. The Morgan fingerprint density at radius 3 is 2.65 bits per heavy atom. The average Bonchev–Trinajstić information content (AvgIpc) is 3.11. The molecule has 2 aromatic rings. The standard InChI is InChI=1S/C17H21FN2O4S2/c1-20(12-13-6-5-10-24-13)17(21)15(9-11-25-2)19-26(22,23)16-8-4-3-7-14(16)18/h3-8,10,15,19H,9,11-12H2,1-2H3. The summed E-state index contributed by atoms with van der Waals surface area (Å²) in [6.45, 7) is 0.211. The first-order valence-corrected chi connectivity index (χ1v) is 10.8. The second-order valence-electron chi connectivity index (χ2n) is 5.66. The van der Waals surface area contributed by atoms with Crippen molar-refractivity contribution in [3.05, 3.63) is 54.2 Å². The predicted octanol–water partition coefficient (Wildman–Crippen LogP) is 2.48. The third-order valence-electron chi connectivity index (χ3n) is 3.68. The van der Waals surface area contributed by atoms with Crippen LogP contribution in [-0.4, -0.2) is 44.3 Å². The second kappa shape index (κ2) is 9.20. The number of furan rings is 1. The van der Waals surface area contributed by atoms with Crippen LogP contribution in [0.3, 0.4) is 0 Å². The van der Waals surface area contributed by atoms with E-state index in [1.165, 1.54) is 41.1 Å². The number of nitrogens with one attached hydrogen (secondary N) is 1. The SMILES string of the molecule is CSCCC(NS(=O)(=O)c1ccccc1F)C(=O)N(C)Cc1ccco1. The molecule has 0 fully saturated rings. The van der Waals surface area contributed by atoms with Crippen LogP contribution in [0.1, 0.15) is 12.2 Å². The lowest BCUT2D eigenvalue weighted by atomic mass is 10.2. The summed E-state index contributed by atoms with van der Waals surface area (Å²) in [5, 5.41) is 0. The van der Waals surface area contributed by atoms with Crippen LogP contribution in [0.2, 0.25) is 0 Å². The van der Waals surface area contributed by atoms with Crippen LogP contribution in [0.5, 0.6) is 0 Å². The normalized spacial score (nSPS) is 12.7. The second-order valence-corrected chi connectivity index (χ2v) is 8.33. The fourth-order valence-electron chi connectivity index (χ4n) is 2.36. The molecule has 0 bridgehead atoms. The number of nitrogens with zero attached hydrogens (tertiary/aromatic N) is 1. The number of thioether (sulfide) groups is 1. The van der Waals surface area contributed by atoms with Gasteiger partial charge in [0.1, 0.15) is 22.5 Å². The molecule has 0 aliphatic rings. The van der Waals surface area contributed by atoms with Gasteiger partial charge >= 0.3 is 0 Å². The van der Waals surface area contributed by atoms with Crippen molar-refractivity contribution in [3.63, 3.8) is 0 Å². The first kappa shape index (κ1) is 20.5. The number of benzene rings is 1. The van der Waals surface area contributed by atoms with Gasteiger partial charge in [-0.05, 0) is 42.7 Å². The van der Waals surface area contributed by atoms with Crippen LogP contribution in [0.15, 0.2) is 52.0 Å². The van der Waals surface area contributed by atoms with E-state index in [9.17, 15) is 17.6 Å². The Kier molecular flexibility index (Phi) is 7.24. The highest BCUT2D eigenvalue weighted by Gasteiger charge is 2.29. The van der Waals surface area contributed by atoms with Gasteiger partial charge in [0.15, 0.2) is 0 Å². The van der Waals surface area contributed by atoms with Crippen molar-refractivity contribution < 1.29 is 22.0 Å². The van der Waals surface area contributed by atoms with Crippen molar-refractivity contribution in [2.75, 3.05) is 19.1 Å². The largest absolute Gasteiger partial charge is 0.467 e. The summed E-state index contributed by atoms with van der Waals surface area (Å²) in [6.07, 6.45) is 3.65. The van der Waals surface area contributed by atoms with Gasteiger partial charge in [0, 0.05) is 7.05 Å². The summed E-state index contributed by atoms with van der Waals surface area (Å²) in [4.78, 5) is 13.6. The molecule has 0 saturated carbocycles. The highest BCUT2D eigenvalue weighted by molar-refractivity contribution is 7.98. The van der Waals surface area contributed by atoms with Gasteiger partial charge < -0.3 is 9.32 Å². The highest BCUT2D eigenvalue weighted by atomic mass is 32.2. The van der Waals surface area contributed by atoms with E-state index in [4.69, 9.17) is 4.42 Å². The molecule has 1 atom stereocenters. The lowest BCUT2D eigenvalue weighted by Gasteiger charge is -2.24. The zero-order valence-corrected chi connectivity index (χ0v) is 16.1. The number of hydrogen-bond donors (Lipinski definition) is 1. The zero-order valence-electron chi connectivity index (χ0n) is 14.5. The number of halogens is 1. The number of amides is 1. The molecule has 26 heavy (non-hydrogen) atoms. The van der Waals surface area contributed by atoms with Crippen LogP contribution >= 0.6 is 11.8 Å². The van der Waals surface area contributed by atoms with Gasteiger partial charge in [0.25, 0.3) is 0 Å². The number of carbonyl (C=O) groups is 1. The van der Waals surface area contributed by atoms with Crippen molar-refractivity contribution in [2.45, 2.75) is 23.9 Å². The Labute approximate surface area is 156 Å². The Morgan fingerprint density at radius 1 is 1.31 bits per heavy atom. The Hall–Kier alpha value is -1.84. The Bertz CT molecular complexity index is 825. The maximum Gasteiger partial charge on any atom is 0.244 e. The number of likely N-dealkylation sites (N-methyl/N-ethyl adjacent to an activating group) is 1. The van der Waals surface area contributed by atoms with Gasteiger partial charge in [-0.25, -0.2) is 12.8 Å². The summed E-state index contributed by atoms with van der Waals surface area (Å²) in [5.74, 6) is -0.109. The highest BCUT2D eigenvalue weighted by Crippen LogP contribution is 2.16. The molecule has 0 spiro atoms. The van der Waals surface area contributed by atoms with Gasteiger partial charge in [0.2, 0.25) is 15.9 Å². The maximum absolute atomic E-state index is 13.9. The third-order valence-corrected chi connectivity index (χ3v) is 5.83. The molecule has 9 heteroatoms. The Balaban J connectivity index is 2.18. The first-order valence-electron chi connectivity index (χ1n) is 7.88. The third kappa shape index (κ3) is 5.33. The van der Waals surface area contributed by atoms with Gasteiger partial charge in [-0.2, -0.15) is 16.5 Å². The topological polar surface area (TPSA) is 79.6 Å². The molecular weight excluding hydrogens is 379 g/mol. The lowest BCUT2D eigenvalue weighted by molar-refractivity contribution is -0.132. The summed E-state index contributed by atoms with van der Waals surface area (Å²) in [6, 6.07) is 7.51. The first-order chi connectivity index (χ1) is 12.3. The lowest BCUT2D eigenvalue weighted by Crippen LogP contribution is -2.47. The van der Waals surface area contributed by atoms with Crippen LogP contribution in [-0.2, 0) is 21.4 Å². The van der Waals surface area contributed by atoms with E-state index in [1.54, 1.807) is 19.2 Å². The number of carbonyl (C=O) groups excluding carboxylic acids is 1. The van der Waals surface area contributed by atoms with Crippen molar-refractivity contribution in [1.29, 1.82) is 0 Å². The fraction of sp³-hybridized carbons (Fsp3) is 0.353. The summed E-state index contributed by atoms with van der Waals surface area (Å²) in [5.41, 5.74) is 0. The molecule has 0 aliphatic carbocycles. The van der Waals surface area contributed by atoms with Gasteiger partial charge in [-0.3, -0.25) is 4.79 Å². The number of rotatable bonds is 9. The molecule has 0 aliphatic heterocycles. The molecule has 1 aromatic heterocycles. The van der Waals surface area contributed by atoms with E-state index >= 15 is 0 Å². The van der Waals surface area contributed by atoms with Crippen LogP contribution in [0.4, 0.5) is 4.39 Å². The summed E-state index contributed by atoms with van der Waals surface area (Å²) in [7, 11) is -2.60. The minimum Gasteiger partial charge on any atom is -0.467 e. The minimum atomic E-state index is -4.17. The Morgan fingerprint density at radius 2 is 2.04 bits per heavy atom. The average molecular weight is 400 g/mol.